The Morgan fingerprint density at radius 2 is 1.89 bits per heavy atom. The van der Waals surface area contributed by atoms with Crippen LogP contribution in [0.25, 0.3) is 0 Å². The zero-order chi connectivity index (χ0) is 20.0. The van der Waals surface area contributed by atoms with E-state index in [1.54, 1.807) is 13.0 Å². The van der Waals surface area contributed by atoms with Gasteiger partial charge in [-0.1, -0.05) is 36.8 Å². The first-order valence-electron chi connectivity index (χ1n) is 9.28. The van der Waals surface area contributed by atoms with Crippen molar-refractivity contribution in [3.8, 4) is 0 Å². The van der Waals surface area contributed by atoms with Crippen LogP contribution in [0, 0.1) is 20.8 Å². The van der Waals surface area contributed by atoms with Crippen molar-refractivity contribution < 1.29 is 9.53 Å². The molecule has 0 aliphatic carbocycles. The molecule has 0 saturated heterocycles. The van der Waals surface area contributed by atoms with Crippen LogP contribution in [0.2, 0.25) is 0 Å². The van der Waals surface area contributed by atoms with E-state index >= 15 is 0 Å². The van der Waals surface area contributed by atoms with E-state index in [9.17, 15) is 4.79 Å². The van der Waals surface area contributed by atoms with Crippen LogP contribution in [0.1, 0.15) is 58.9 Å². The lowest BCUT2D eigenvalue weighted by Gasteiger charge is -2.22. The van der Waals surface area contributed by atoms with Gasteiger partial charge in [-0.2, -0.15) is 0 Å². The summed E-state index contributed by atoms with van der Waals surface area (Å²) in [7, 11) is 0. The van der Waals surface area contributed by atoms with Gasteiger partial charge in [-0.15, -0.1) is 0 Å². The van der Waals surface area contributed by atoms with E-state index in [1.807, 2.05) is 19.1 Å². The molecule has 0 saturated carbocycles. The number of hydrogen-bond acceptors (Lipinski definition) is 3. The third kappa shape index (κ3) is 5.30. The molecule has 0 fully saturated rings. The van der Waals surface area contributed by atoms with Gasteiger partial charge in [-0.25, -0.2) is 4.79 Å². The number of rotatable bonds is 6. The highest BCUT2D eigenvalue weighted by molar-refractivity contribution is 7.80. The highest BCUT2D eigenvalue weighted by Gasteiger charge is 2.16. The standard InChI is InChI=1S/C22H28N2O2S/c1-6-19(17-12-11-14(3)13-15(17)4)23-22(27)24-20-10-8-9-18(16(20)5)21(25)26-7-2/h8-13,19H,6-7H2,1-5H3,(H2,23,24,27). The van der Waals surface area contributed by atoms with Crippen LogP contribution in [0.4, 0.5) is 5.69 Å². The second-order valence-electron chi connectivity index (χ2n) is 6.62. The Hall–Kier alpha value is -2.40. The first-order chi connectivity index (χ1) is 12.9. The Kier molecular flexibility index (Phi) is 7.36. The van der Waals surface area contributed by atoms with E-state index < -0.39 is 0 Å². The average molecular weight is 385 g/mol. The molecule has 2 N–H and O–H groups in total. The topological polar surface area (TPSA) is 50.4 Å². The Morgan fingerprint density at radius 3 is 2.52 bits per heavy atom. The minimum Gasteiger partial charge on any atom is -0.462 e. The number of carbonyl (C=O) groups excluding carboxylic acids is 1. The van der Waals surface area contributed by atoms with E-state index in [2.05, 4.69) is 49.6 Å². The Bertz CT molecular complexity index is 833. The van der Waals surface area contributed by atoms with E-state index in [-0.39, 0.29) is 12.0 Å². The molecule has 0 aliphatic rings. The number of hydrogen-bond donors (Lipinski definition) is 2. The van der Waals surface area contributed by atoms with E-state index in [0.717, 1.165) is 17.7 Å². The smallest absolute Gasteiger partial charge is 0.338 e. The fourth-order valence-electron chi connectivity index (χ4n) is 3.13. The lowest BCUT2D eigenvalue weighted by molar-refractivity contribution is 0.0525. The van der Waals surface area contributed by atoms with Gasteiger partial charge in [0.25, 0.3) is 0 Å². The number of esters is 1. The summed E-state index contributed by atoms with van der Waals surface area (Å²) in [4.78, 5) is 12.1. The van der Waals surface area contributed by atoms with Crippen molar-refractivity contribution in [2.24, 2.45) is 0 Å². The molecule has 144 valence electrons. The lowest BCUT2D eigenvalue weighted by atomic mass is 9.98. The largest absolute Gasteiger partial charge is 0.462 e. The molecule has 2 rings (SSSR count). The number of ether oxygens (including phenoxy) is 1. The molecular weight excluding hydrogens is 356 g/mol. The van der Waals surface area contributed by atoms with Crippen molar-refractivity contribution in [1.82, 2.24) is 5.32 Å². The molecule has 0 aromatic heterocycles. The summed E-state index contributed by atoms with van der Waals surface area (Å²) in [5.74, 6) is -0.320. The van der Waals surface area contributed by atoms with Gasteiger partial charge in [0.05, 0.1) is 18.2 Å². The van der Waals surface area contributed by atoms with Crippen molar-refractivity contribution >= 4 is 29.0 Å². The maximum atomic E-state index is 12.1. The zero-order valence-corrected chi connectivity index (χ0v) is 17.5. The van der Waals surface area contributed by atoms with Crippen LogP contribution in [0.5, 0.6) is 0 Å². The summed E-state index contributed by atoms with van der Waals surface area (Å²) >= 11 is 5.53. The minimum absolute atomic E-state index is 0.124. The molecule has 27 heavy (non-hydrogen) atoms. The van der Waals surface area contributed by atoms with Gasteiger partial charge in [0.1, 0.15) is 0 Å². The number of aryl methyl sites for hydroxylation is 2. The van der Waals surface area contributed by atoms with Crippen LogP contribution in [-0.4, -0.2) is 17.7 Å². The molecule has 0 radical (unpaired) electrons. The lowest BCUT2D eigenvalue weighted by Crippen LogP contribution is -2.32. The first kappa shape index (κ1) is 20.9. The number of carbonyl (C=O) groups is 1. The van der Waals surface area contributed by atoms with Gasteiger partial charge in [-0.05, 0) is 75.2 Å². The second kappa shape index (κ2) is 9.51. The SMILES string of the molecule is CCOC(=O)c1cccc(NC(=S)NC(CC)c2ccc(C)cc2C)c1C. The van der Waals surface area contributed by atoms with Gasteiger partial charge in [-0.3, -0.25) is 0 Å². The molecule has 0 bridgehead atoms. The quantitative estimate of drug-likeness (QED) is 0.528. The van der Waals surface area contributed by atoms with Gasteiger partial charge in [0.15, 0.2) is 5.11 Å². The third-order valence-electron chi connectivity index (χ3n) is 4.59. The van der Waals surface area contributed by atoms with Crippen molar-refractivity contribution in [3.05, 3.63) is 64.2 Å². The summed E-state index contributed by atoms with van der Waals surface area (Å²) in [6.07, 6.45) is 0.910. The summed E-state index contributed by atoms with van der Waals surface area (Å²) in [6.45, 7) is 10.4. The molecule has 1 atom stereocenters. The summed E-state index contributed by atoms with van der Waals surface area (Å²) in [5.41, 5.74) is 5.90. The van der Waals surface area contributed by atoms with Crippen LogP contribution < -0.4 is 10.6 Å². The minimum atomic E-state index is -0.320. The predicted octanol–water partition coefficient (Wildman–Crippen LogP) is 5.23. The normalized spacial score (nSPS) is 11.6. The van der Waals surface area contributed by atoms with Crippen LogP contribution in [0.3, 0.4) is 0 Å². The van der Waals surface area contributed by atoms with Crippen molar-refractivity contribution in [2.45, 2.75) is 47.1 Å². The summed E-state index contributed by atoms with van der Waals surface area (Å²) in [6, 6.07) is 12.1. The number of nitrogens with one attached hydrogen (secondary N) is 2. The van der Waals surface area contributed by atoms with Crippen LogP contribution >= 0.6 is 12.2 Å². The Balaban J connectivity index is 2.15. The summed E-state index contributed by atoms with van der Waals surface area (Å²) < 4.78 is 5.12. The Morgan fingerprint density at radius 1 is 1.15 bits per heavy atom. The highest BCUT2D eigenvalue weighted by Crippen LogP contribution is 2.23. The molecule has 0 amide bonds. The van der Waals surface area contributed by atoms with E-state index in [1.165, 1.54) is 16.7 Å². The average Bonchev–Trinajstić information content (AvgIpc) is 2.62. The fourth-order valence-corrected chi connectivity index (χ4v) is 3.39. The number of anilines is 1. The molecule has 1 unspecified atom stereocenters. The Labute approximate surface area is 167 Å². The van der Waals surface area contributed by atoms with Gasteiger partial charge in [0, 0.05) is 5.69 Å². The summed E-state index contributed by atoms with van der Waals surface area (Å²) in [5, 5.41) is 7.16. The molecule has 0 aliphatic heterocycles. The highest BCUT2D eigenvalue weighted by atomic mass is 32.1. The molecule has 5 heteroatoms. The van der Waals surface area contributed by atoms with Crippen molar-refractivity contribution in [2.75, 3.05) is 11.9 Å². The van der Waals surface area contributed by atoms with E-state index in [4.69, 9.17) is 17.0 Å². The van der Waals surface area contributed by atoms with Crippen molar-refractivity contribution in [3.63, 3.8) is 0 Å². The molecule has 0 spiro atoms. The first-order valence-corrected chi connectivity index (χ1v) is 9.69. The molecular formula is C22H28N2O2S. The maximum Gasteiger partial charge on any atom is 0.338 e. The van der Waals surface area contributed by atoms with Gasteiger partial charge >= 0.3 is 5.97 Å². The van der Waals surface area contributed by atoms with Gasteiger partial charge < -0.3 is 15.4 Å². The maximum absolute atomic E-state index is 12.1. The monoisotopic (exact) mass is 384 g/mol. The number of benzene rings is 2. The second-order valence-corrected chi connectivity index (χ2v) is 7.03. The van der Waals surface area contributed by atoms with Crippen LogP contribution in [-0.2, 0) is 4.74 Å². The van der Waals surface area contributed by atoms with E-state index in [0.29, 0.717) is 17.3 Å². The number of thiocarbonyl (C=S) groups is 1. The molecule has 4 nitrogen and oxygen atoms in total. The predicted molar refractivity (Wildman–Crippen MR) is 115 cm³/mol. The fraction of sp³-hybridized carbons (Fsp3) is 0.364. The van der Waals surface area contributed by atoms with Crippen LogP contribution in [0.15, 0.2) is 36.4 Å². The zero-order valence-electron chi connectivity index (χ0n) is 16.7. The molecule has 2 aromatic rings. The van der Waals surface area contributed by atoms with Gasteiger partial charge in [0.2, 0.25) is 0 Å². The molecule has 0 heterocycles. The molecule has 2 aromatic carbocycles. The third-order valence-corrected chi connectivity index (χ3v) is 4.81. The van der Waals surface area contributed by atoms with Crippen molar-refractivity contribution in [1.29, 1.82) is 0 Å².